The van der Waals surface area contributed by atoms with Gasteiger partial charge in [0, 0.05) is 18.1 Å². The molecule has 0 spiro atoms. The first kappa shape index (κ1) is 11.6. The second-order valence-electron chi connectivity index (χ2n) is 4.65. The van der Waals surface area contributed by atoms with Gasteiger partial charge in [-0.2, -0.15) is 0 Å². The first-order valence-electron chi connectivity index (χ1n) is 5.67. The molecule has 1 aromatic carbocycles. The van der Waals surface area contributed by atoms with E-state index in [-0.39, 0.29) is 5.54 Å². The summed E-state index contributed by atoms with van der Waals surface area (Å²) in [4.78, 5) is 4.29. The Labute approximate surface area is 102 Å². The molecular formula is C15H16N2. The first-order chi connectivity index (χ1) is 8.11. The van der Waals surface area contributed by atoms with Crippen molar-refractivity contribution < 1.29 is 0 Å². The van der Waals surface area contributed by atoms with Crippen LogP contribution in [0.1, 0.15) is 19.4 Å². The third-order valence-corrected chi connectivity index (χ3v) is 2.76. The SMILES string of the molecule is C#CC(C)(C)NCc1ccc2ncccc2c1. The van der Waals surface area contributed by atoms with Gasteiger partial charge in [0.15, 0.2) is 0 Å². The zero-order chi connectivity index (χ0) is 12.3. The molecule has 2 aromatic rings. The summed E-state index contributed by atoms with van der Waals surface area (Å²) < 4.78 is 0. The number of benzene rings is 1. The van der Waals surface area contributed by atoms with Crippen molar-refractivity contribution in [3.63, 3.8) is 0 Å². The van der Waals surface area contributed by atoms with Crippen molar-refractivity contribution in [2.75, 3.05) is 0 Å². The molecule has 0 aliphatic heterocycles. The molecule has 0 fully saturated rings. The smallest absolute Gasteiger partial charge is 0.0743 e. The molecule has 86 valence electrons. The van der Waals surface area contributed by atoms with Crippen LogP contribution in [0.5, 0.6) is 0 Å². The van der Waals surface area contributed by atoms with Crippen LogP contribution < -0.4 is 5.32 Å². The highest BCUT2D eigenvalue weighted by Gasteiger charge is 2.11. The Morgan fingerprint density at radius 3 is 2.94 bits per heavy atom. The van der Waals surface area contributed by atoms with Crippen LogP contribution >= 0.6 is 0 Å². The van der Waals surface area contributed by atoms with E-state index in [4.69, 9.17) is 6.42 Å². The van der Waals surface area contributed by atoms with E-state index in [1.54, 1.807) is 0 Å². The van der Waals surface area contributed by atoms with Gasteiger partial charge in [0.1, 0.15) is 0 Å². The topological polar surface area (TPSA) is 24.9 Å². The van der Waals surface area contributed by atoms with Crippen molar-refractivity contribution in [3.05, 3.63) is 42.1 Å². The lowest BCUT2D eigenvalue weighted by atomic mass is 10.1. The number of aromatic nitrogens is 1. The van der Waals surface area contributed by atoms with Crippen LogP contribution in [0.4, 0.5) is 0 Å². The molecule has 0 aliphatic carbocycles. The average molecular weight is 224 g/mol. The number of rotatable bonds is 3. The highest BCUT2D eigenvalue weighted by Crippen LogP contribution is 2.13. The Balaban J connectivity index is 2.18. The zero-order valence-corrected chi connectivity index (χ0v) is 10.2. The highest BCUT2D eigenvalue weighted by molar-refractivity contribution is 5.78. The molecular weight excluding hydrogens is 208 g/mol. The summed E-state index contributed by atoms with van der Waals surface area (Å²) in [5.41, 5.74) is 1.96. The molecule has 2 rings (SSSR count). The highest BCUT2D eigenvalue weighted by atomic mass is 14.9. The van der Waals surface area contributed by atoms with Gasteiger partial charge in [-0.15, -0.1) is 6.42 Å². The van der Waals surface area contributed by atoms with Gasteiger partial charge in [-0.25, -0.2) is 0 Å². The summed E-state index contributed by atoms with van der Waals surface area (Å²) in [6.07, 6.45) is 7.25. The number of terminal acetylenes is 1. The summed E-state index contributed by atoms with van der Waals surface area (Å²) in [7, 11) is 0. The van der Waals surface area contributed by atoms with Gasteiger partial charge in [-0.05, 0) is 37.6 Å². The fourth-order valence-corrected chi connectivity index (χ4v) is 1.61. The molecule has 0 unspecified atom stereocenters. The normalized spacial score (nSPS) is 11.4. The predicted octanol–water partition coefficient (Wildman–Crippen LogP) is 2.74. The summed E-state index contributed by atoms with van der Waals surface area (Å²) in [5, 5.41) is 4.49. The minimum atomic E-state index is -0.274. The van der Waals surface area contributed by atoms with Crippen molar-refractivity contribution in [2.24, 2.45) is 0 Å². The maximum atomic E-state index is 5.44. The van der Waals surface area contributed by atoms with E-state index in [1.165, 1.54) is 5.56 Å². The van der Waals surface area contributed by atoms with Gasteiger partial charge in [0.05, 0.1) is 11.1 Å². The maximum absolute atomic E-state index is 5.44. The molecule has 0 saturated carbocycles. The average Bonchev–Trinajstić information content (AvgIpc) is 2.36. The Kier molecular flexibility index (Phi) is 3.12. The van der Waals surface area contributed by atoms with E-state index in [1.807, 2.05) is 32.2 Å². The fourth-order valence-electron chi connectivity index (χ4n) is 1.61. The summed E-state index contributed by atoms with van der Waals surface area (Å²) >= 11 is 0. The summed E-state index contributed by atoms with van der Waals surface area (Å²) in [6.45, 7) is 4.76. The lowest BCUT2D eigenvalue weighted by molar-refractivity contribution is 0.491. The Bertz CT molecular complexity index is 564. The Morgan fingerprint density at radius 1 is 1.35 bits per heavy atom. The number of pyridine rings is 1. The molecule has 0 atom stereocenters. The van der Waals surface area contributed by atoms with E-state index in [0.29, 0.717) is 0 Å². The molecule has 2 heteroatoms. The largest absolute Gasteiger partial charge is 0.298 e. The van der Waals surface area contributed by atoms with Gasteiger partial charge in [0.2, 0.25) is 0 Å². The molecule has 17 heavy (non-hydrogen) atoms. The predicted molar refractivity (Wildman–Crippen MR) is 71.5 cm³/mol. The molecule has 1 N–H and O–H groups in total. The second-order valence-corrected chi connectivity index (χ2v) is 4.65. The van der Waals surface area contributed by atoms with E-state index in [2.05, 4.69) is 34.4 Å². The van der Waals surface area contributed by atoms with E-state index in [0.717, 1.165) is 17.4 Å². The van der Waals surface area contributed by atoms with Crippen molar-refractivity contribution in [1.82, 2.24) is 10.3 Å². The van der Waals surface area contributed by atoms with Gasteiger partial charge in [-0.3, -0.25) is 10.3 Å². The zero-order valence-electron chi connectivity index (χ0n) is 10.2. The quantitative estimate of drug-likeness (QED) is 0.811. The number of nitrogens with one attached hydrogen (secondary N) is 1. The Hall–Kier alpha value is -1.85. The molecule has 1 heterocycles. The number of fused-ring (bicyclic) bond motifs is 1. The third-order valence-electron chi connectivity index (χ3n) is 2.76. The summed E-state index contributed by atoms with van der Waals surface area (Å²) in [5.74, 6) is 2.73. The van der Waals surface area contributed by atoms with Crippen LogP contribution in [0, 0.1) is 12.3 Å². The van der Waals surface area contributed by atoms with Crippen LogP contribution in [0.2, 0.25) is 0 Å². The van der Waals surface area contributed by atoms with Gasteiger partial charge >= 0.3 is 0 Å². The molecule has 0 bridgehead atoms. The van der Waals surface area contributed by atoms with E-state index in [9.17, 15) is 0 Å². The lowest BCUT2D eigenvalue weighted by Gasteiger charge is -2.19. The van der Waals surface area contributed by atoms with Crippen LogP contribution in [0.3, 0.4) is 0 Å². The maximum Gasteiger partial charge on any atom is 0.0743 e. The minimum Gasteiger partial charge on any atom is -0.298 e. The lowest BCUT2D eigenvalue weighted by Crippen LogP contribution is -2.36. The second kappa shape index (κ2) is 4.57. The molecule has 1 aromatic heterocycles. The van der Waals surface area contributed by atoms with Crippen LogP contribution in [-0.2, 0) is 6.54 Å². The molecule has 2 nitrogen and oxygen atoms in total. The minimum absolute atomic E-state index is 0.274. The van der Waals surface area contributed by atoms with E-state index >= 15 is 0 Å². The van der Waals surface area contributed by atoms with Gasteiger partial charge < -0.3 is 0 Å². The van der Waals surface area contributed by atoms with Crippen LogP contribution in [-0.4, -0.2) is 10.5 Å². The molecule has 0 saturated heterocycles. The first-order valence-corrected chi connectivity index (χ1v) is 5.67. The standard InChI is InChI=1S/C15H16N2/c1-4-15(2,3)17-11-12-7-8-14-13(10-12)6-5-9-16-14/h1,5-10,17H,11H2,2-3H3. The molecule has 0 radical (unpaired) electrons. The van der Waals surface area contributed by atoms with Crippen molar-refractivity contribution in [2.45, 2.75) is 25.9 Å². The number of nitrogens with zero attached hydrogens (tertiary/aromatic N) is 1. The summed E-state index contributed by atoms with van der Waals surface area (Å²) in [6, 6.07) is 10.3. The van der Waals surface area contributed by atoms with Crippen LogP contribution in [0.15, 0.2) is 36.5 Å². The monoisotopic (exact) mass is 224 g/mol. The van der Waals surface area contributed by atoms with Gasteiger partial charge in [-0.1, -0.05) is 18.1 Å². The third kappa shape index (κ3) is 2.83. The van der Waals surface area contributed by atoms with Crippen molar-refractivity contribution in [3.8, 4) is 12.3 Å². The number of hydrogen-bond acceptors (Lipinski definition) is 2. The molecule has 0 aliphatic rings. The van der Waals surface area contributed by atoms with Crippen molar-refractivity contribution in [1.29, 1.82) is 0 Å². The van der Waals surface area contributed by atoms with Crippen LogP contribution in [0.25, 0.3) is 10.9 Å². The number of hydrogen-bond donors (Lipinski definition) is 1. The van der Waals surface area contributed by atoms with Gasteiger partial charge in [0.25, 0.3) is 0 Å². The molecule has 0 amide bonds. The fraction of sp³-hybridized carbons (Fsp3) is 0.267. The Morgan fingerprint density at radius 2 is 2.18 bits per heavy atom. The van der Waals surface area contributed by atoms with Crippen molar-refractivity contribution >= 4 is 10.9 Å². The van der Waals surface area contributed by atoms with E-state index < -0.39 is 0 Å².